The molecule has 99 valence electrons. The van der Waals surface area contributed by atoms with Gasteiger partial charge in [0.1, 0.15) is 0 Å². The minimum atomic E-state index is -0.222. The van der Waals surface area contributed by atoms with Gasteiger partial charge in [0.05, 0.1) is 6.61 Å². The van der Waals surface area contributed by atoms with E-state index in [0.29, 0.717) is 6.61 Å². The van der Waals surface area contributed by atoms with Crippen molar-refractivity contribution in [3.05, 3.63) is 19.1 Å². The standard InChI is InChI=1S/C15H27O2/c1-3-5-6-7-8-9-10-11-12-14-17-15(16)13-4-2/h4,13H,1,3,5-12,14H2,2H3. The van der Waals surface area contributed by atoms with E-state index in [1.165, 1.54) is 51.0 Å². The molecule has 0 aromatic heterocycles. The molecule has 17 heavy (non-hydrogen) atoms. The van der Waals surface area contributed by atoms with Crippen LogP contribution in [0.15, 0.2) is 12.2 Å². The molecule has 2 nitrogen and oxygen atoms in total. The van der Waals surface area contributed by atoms with Gasteiger partial charge in [0.25, 0.3) is 0 Å². The topological polar surface area (TPSA) is 26.3 Å². The third-order valence-electron chi connectivity index (χ3n) is 2.69. The molecular weight excluding hydrogens is 212 g/mol. The Balaban J connectivity index is 3.06. The second-order valence-corrected chi connectivity index (χ2v) is 4.35. The van der Waals surface area contributed by atoms with Gasteiger partial charge in [0, 0.05) is 6.08 Å². The molecule has 0 spiro atoms. The van der Waals surface area contributed by atoms with E-state index in [-0.39, 0.29) is 5.97 Å². The third kappa shape index (κ3) is 13.1. The van der Waals surface area contributed by atoms with Crippen LogP contribution in [-0.2, 0) is 9.53 Å². The van der Waals surface area contributed by atoms with Crippen LogP contribution in [0.25, 0.3) is 0 Å². The molecule has 0 aliphatic rings. The number of hydrogen-bond acceptors (Lipinski definition) is 2. The van der Waals surface area contributed by atoms with Gasteiger partial charge in [0.2, 0.25) is 0 Å². The smallest absolute Gasteiger partial charge is 0.330 e. The van der Waals surface area contributed by atoms with E-state index in [1.54, 1.807) is 6.08 Å². The summed E-state index contributed by atoms with van der Waals surface area (Å²) in [6.45, 7) is 6.21. The fraction of sp³-hybridized carbons (Fsp3) is 0.733. The molecule has 0 aliphatic carbocycles. The SMILES string of the molecule is [CH2]CCCCCCCCCCOC(=O)C=CC. The van der Waals surface area contributed by atoms with Crippen molar-refractivity contribution in [2.24, 2.45) is 0 Å². The van der Waals surface area contributed by atoms with Gasteiger partial charge in [-0.2, -0.15) is 0 Å². The van der Waals surface area contributed by atoms with Crippen LogP contribution in [0, 0.1) is 6.92 Å². The Labute approximate surface area is 106 Å². The lowest BCUT2D eigenvalue weighted by Gasteiger charge is -2.02. The summed E-state index contributed by atoms with van der Waals surface area (Å²) in [6, 6.07) is 0. The van der Waals surface area contributed by atoms with Crippen LogP contribution in [0.5, 0.6) is 0 Å². The van der Waals surface area contributed by atoms with Crippen LogP contribution in [0.1, 0.15) is 64.7 Å². The molecule has 2 heteroatoms. The maximum absolute atomic E-state index is 11.0. The molecule has 0 heterocycles. The molecular formula is C15H27O2. The fourth-order valence-corrected chi connectivity index (χ4v) is 1.70. The molecule has 0 saturated carbocycles. The van der Waals surface area contributed by atoms with Gasteiger partial charge < -0.3 is 4.74 Å². The second-order valence-electron chi connectivity index (χ2n) is 4.35. The Morgan fingerprint density at radius 3 is 2.06 bits per heavy atom. The first-order valence-electron chi connectivity index (χ1n) is 6.90. The number of ether oxygens (including phenoxy) is 1. The summed E-state index contributed by atoms with van der Waals surface area (Å²) < 4.78 is 5.01. The van der Waals surface area contributed by atoms with Gasteiger partial charge in [-0.05, 0) is 13.3 Å². The van der Waals surface area contributed by atoms with Crippen molar-refractivity contribution in [1.82, 2.24) is 0 Å². The lowest BCUT2D eigenvalue weighted by molar-refractivity contribution is -0.137. The van der Waals surface area contributed by atoms with Crippen molar-refractivity contribution in [2.45, 2.75) is 64.7 Å². The molecule has 0 amide bonds. The molecule has 0 aromatic rings. The summed E-state index contributed by atoms with van der Waals surface area (Å²) in [4.78, 5) is 11.0. The quantitative estimate of drug-likeness (QED) is 0.302. The monoisotopic (exact) mass is 239 g/mol. The highest BCUT2D eigenvalue weighted by atomic mass is 16.5. The first kappa shape index (κ1) is 16.2. The first-order chi connectivity index (χ1) is 8.31. The zero-order valence-corrected chi connectivity index (χ0v) is 11.2. The van der Waals surface area contributed by atoms with Crippen LogP contribution in [0.3, 0.4) is 0 Å². The summed E-state index contributed by atoms with van der Waals surface area (Å²) in [6.07, 6.45) is 14.2. The van der Waals surface area contributed by atoms with Crippen molar-refractivity contribution in [3.8, 4) is 0 Å². The predicted molar refractivity (Wildman–Crippen MR) is 72.7 cm³/mol. The molecule has 1 radical (unpaired) electrons. The van der Waals surface area contributed by atoms with E-state index in [4.69, 9.17) is 4.74 Å². The number of esters is 1. The fourth-order valence-electron chi connectivity index (χ4n) is 1.70. The summed E-state index contributed by atoms with van der Waals surface area (Å²) in [5.74, 6) is -0.222. The minimum absolute atomic E-state index is 0.222. The van der Waals surface area contributed by atoms with Gasteiger partial charge in [-0.25, -0.2) is 4.79 Å². The zero-order valence-electron chi connectivity index (χ0n) is 11.2. The van der Waals surface area contributed by atoms with E-state index in [1.807, 2.05) is 6.92 Å². The van der Waals surface area contributed by atoms with Crippen molar-refractivity contribution >= 4 is 5.97 Å². The molecule has 0 N–H and O–H groups in total. The summed E-state index contributed by atoms with van der Waals surface area (Å²) in [5, 5.41) is 0. The maximum atomic E-state index is 11.0. The molecule has 0 atom stereocenters. The predicted octanol–water partition coefficient (Wildman–Crippen LogP) is 4.45. The number of hydrogen-bond donors (Lipinski definition) is 0. The van der Waals surface area contributed by atoms with Crippen molar-refractivity contribution in [3.63, 3.8) is 0 Å². The van der Waals surface area contributed by atoms with Crippen LogP contribution >= 0.6 is 0 Å². The molecule has 0 fully saturated rings. The zero-order chi connectivity index (χ0) is 12.8. The molecule has 0 aliphatic heterocycles. The van der Waals surface area contributed by atoms with Crippen LogP contribution < -0.4 is 0 Å². The molecule has 0 bridgehead atoms. The second kappa shape index (κ2) is 13.3. The number of allylic oxidation sites excluding steroid dienone is 1. The average Bonchev–Trinajstić information content (AvgIpc) is 2.32. The van der Waals surface area contributed by atoms with Crippen LogP contribution in [0.2, 0.25) is 0 Å². The highest BCUT2D eigenvalue weighted by Crippen LogP contribution is 2.09. The lowest BCUT2D eigenvalue weighted by atomic mass is 10.1. The number of unbranched alkanes of at least 4 members (excludes halogenated alkanes) is 8. The first-order valence-corrected chi connectivity index (χ1v) is 6.90. The van der Waals surface area contributed by atoms with Gasteiger partial charge in [-0.1, -0.05) is 64.4 Å². The van der Waals surface area contributed by atoms with Gasteiger partial charge in [-0.15, -0.1) is 0 Å². The average molecular weight is 239 g/mol. The number of carbonyl (C=O) groups excluding carboxylic acids is 1. The molecule has 0 rings (SSSR count). The lowest BCUT2D eigenvalue weighted by Crippen LogP contribution is -2.01. The third-order valence-corrected chi connectivity index (χ3v) is 2.69. The Morgan fingerprint density at radius 1 is 1.00 bits per heavy atom. The molecule has 0 saturated heterocycles. The van der Waals surface area contributed by atoms with E-state index >= 15 is 0 Å². The van der Waals surface area contributed by atoms with E-state index in [2.05, 4.69) is 6.92 Å². The van der Waals surface area contributed by atoms with E-state index in [0.717, 1.165) is 12.8 Å². The van der Waals surface area contributed by atoms with Crippen LogP contribution in [0.4, 0.5) is 0 Å². The minimum Gasteiger partial charge on any atom is -0.463 e. The van der Waals surface area contributed by atoms with Gasteiger partial charge >= 0.3 is 5.97 Å². The Bertz CT molecular complexity index is 197. The highest BCUT2D eigenvalue weighted by molar-refractivity contribution is 5.81. The van der Waals surface area contributed by atoms with Crippen molar-refractivity contribution < 1.29 is 9.53 Å². The van der Waals surface area contributed by atoms with E-state index < -0.39 is 0 Å². The Kier molecular flexibility index (Phi) is 12.7. The number of carbonyl (C=O) groups is 1. The van der Waals surface area contributed by atoms with Gasteiger partial charge in [0.15, 0.2) is 0 Å². The summed E-state index contributed by atoms with van der Waals surface area (Å²) >= 11 is 0. The summed E-state index contributed by atoms with van der Waals surface area (Å²) in [7, 11) is 0. The molecule has 0 unspecified atom stereocenters. The normalized spacial score (nSPS) is 10.9. The summed E-state index contributed by atoms with van der Waals surface area (Å²) in [5.41, 5.74) is 0. The largest absolute Gasteiger partial charge is 0.463 e. The van der Waals surface area contributed by atoms with Gasteiger partial charge in [-0.3, -0.25) is 0 Å². The van der Waals surface area contributed by atoms with Crippen molar-refractivity contribution in [1.29, 1.82) is 0 Å². The van der Waals surface area contributed by atoms with Crippen LogP contribution in [-0.4, -0.2) is 12.6 Å². The van der Waals surface area contributed by atoms with E-state index in [9.17, 15) is 4.79 Å². The molecule has 0 aromatic carbocycles. The van der Waals surface area contributed by atoms with Crippen molar-refractivity contribution in [2.75, 3.05) is 6.61 Å². The Hall–Kier alpha value is -0.790. The number of rotatable bonds is 11. The Morgan fingerprint density at radius 2 is 1.53 bits per heavy atom. The maximum Gasteiger partial charge on any atom is 0.330 e. The highest BCUT2D eigenvalue weighted by Gasteiger charge is 1.96.